The highest BCUT2D eigenvalue weighted by atomic mass is 35.5. The van der Waals surface area contributed by atoms with E-state index in [1.54, 1.807) is 0 Å². The molecule has 0 fully saturated rings. The van der Waals surface area contributed by atoms with Crippen molar-refractivity contribution in [3.8, 4) is 0 Å². The van der Waals surface area contributed by atoms with Crippen molar-refractivity contribution >= 4 is 17.3 Å². The highest BCUT2D eigenvalue weighted by Crippen LogP contribution is 2.28. The number of hydrogen-bond donors (Lipinski definition) is 1. The van der Waals surface area contributed by atoms with Crippen molar-refractivity contribution in [1.29, 1.82) is 0 Å². The monoisotopic (exact) mass is 298 g/mol. The van der Waals surface area contributed by atoms with Gasteiger partial charge in [0.2, 0.25) is 0 Å². The van der Waals surface area contributed by atoms with E-state index in [9.17, 15) is 18.9 Å². The second-order valence-electron chi connectivity index (χ2n) is 4.18. The van der Waals surface area contributed by atoms with Gasteiger partial charge >= 0.3 is 0 Å². The van der Waals surface area contributed by atoms with Crippen LogP contribution >= 0.6 is 11.6 Å². The second-order valence-corrected chi connectivity index (χ2v) is 4.62. The minimum absolute atomic E-state index is 0.126. The van der Waals surface area contributed by atoms with Gasteiger partial charge in [0.05, 0.1) is 11.0 Å². The molecule has 0 radical (unpaired) electrons. The van der Waals surface area contributed by atoms with Crippen LogP contribution in [-0.2, 0) is 0 Å². The number of nitrogens with zero attached hydrogens (tertiary/aromatic N) is 1. The van der Waals surface area contributed by atoms with E-state index in [4.69, 9.17) is 17.3 Å². The normalized spacial score (nSPS) is 12.2. The fourth-order valence-electron chi connectivity index (χ4n) is 1.83. The van der Waals surface area contributed by atoms with Crippen molar-refractivity contribution < 1.29 is 13.7 Å². The molecule has 0 spiro atoms. The number of nitro groups is 1. The van der Waals surface area contributed by atoms with Crippen molar-refractivity contribution in [3.63, 3.8) is 0 Å². The van der Waals surface area contributed by atoms with Crippen LogP contribution in [0.4, 0.5) is 14.5 Å². The van der Waals surface area contributed by atoms with Gasteiger partial charge in [-0.2, -0.15) is 0 Å². The van der Waals surface area contributed by atoms with Gasteiger partial charge in [0.25, 0.3) is 5.69 Å². The van der Waals surface area contributed by atoms with Crippen LogP contribution in [0.5, 0.6) is 0 Å². The van der Waals surface area contributed by atoms with Gasteiger partial charge in [-0.15, -0.1) is 0 Å². The first kappa shape index (κ1) is 14.4. The molecule has 2 aromatic carbocycles. The summed E-state index contributed by atoms with van der Waals surface area (Å²) in [6, 6.07) is 5.75. The molecule has 0 aromatic heterocycles. The molecule has 0 saturated heterocycles. The zero-order chi connectivity index (χ0) is 14.9. The van der Waals surface area contributed by atoms with E-state index < -0.39 is 22.6 Å². The van der Waals surface area contributed by atoms with Crippen molar-refractivity contribution in [1.82, 2.24) is 0 Å². The number of benzene rings is 2. The highest BCUT2D eigenvalue weighted by molar-refractivity contribution is 6.30. The quantitative estimate of drug-likeness (QED) is 0.695. The molecule has 7 heteroatoms. The molecule has 0 heterocycles. The van der Waals surface area contributed by atoms with Gasteiger partial charge in [-0.3, -0.25) is 10.1 Å². The van der Waals surface area contributed by atoms with Crippen LogP contribution in [-0.4, -0.2) is 4.92 Å². The molecule has 1 unspecified atom stereocenters. The fourth-order valence-corrected chi connectivity index (χ4v) is 2.07. The summed E-state index contributed by atoms with van der Waals surface area (Å²) in [5.74, 6) is -1.54. The van der Waals surface area contributed by atoms with E-state index in [1.807, 2.05) is 0 Å². The van der Waals surface area contributed by atoms with Gasteiger partial charge < -0.3 is 5.73 Å². The van der Waals surface area contributed by atoms with Gasteiger partial charge in [-0.1, -0.05) is 11.6 Å². The zero-order valence-electron chi connectivity index (χ0n) is 10.0. The molecule has 0 aliphatic carbocycles. The Labute approximate surface area is 117 Å². The fraction of sp³-hybridized carbons (Fsp3) is 0.0769. The Morgan fingerprint density at radius 1 is 1.05 bits per heavy atom. The van der Waals surface area contributed by atoms with Gasteiger partial charge in [0, 0.05) is 23.2 Å². The molecule has 0 aliphatic heterocycles. The molecule has 0 saturated carbocycles. The summed E-state index contributed by atoms with van der Waals surface area (Å²) in [5, 5.41) is 10.9. The molecule has 0 amide bonds. The Morgan fingerprint density at radius 2 is 1.60 bits per heavy atom. The molecule has 2 N–H and O–H groups in total. The molecular weight excluding hydrogens is 290 g/mol. The number of halogens is 3. The number of rotatable bonds is 3. The number of nitrogens with two attached hydrogens (primary N) is 1. The Morgan fingerprint density at radius 3 is 2.15 bits per heavy atom. The standard InChI is InChI=1S/C13H9ClF2N2O2/c14-9-1-7(4-12(5-9)18(19)20)13(17)8-2-10(15)6-11(16)3-8/h1-6,13H,17H2. The zero-order valence-corrected chi connectivity index (χ0v) is 10.8. The van der Waals surface area contributed by atoms with Crippen LogP contribution in [0.3, 0.4) is 0 Å². The lowest BCUT2D eigenvalue weighted by Gasteiger charge is -2.13. The maximum atomic E-state index is 13.2. The minimum Gasteiger partial charge on any atom is -0.320 e. The first-order valence-corrected chi connectivity index (χ1v) is 5.91. The number of non-ortho nitro benzene ring substituents is 1. The van der Waals surface area contributed by atoms with Crippen molar-refractivity contribution in [2.75, 3.05) is 0 Å². The molecule has 2 aromatic rings. The topological polar surface area (TPSA) is 69.2 Å². The molecule has 0 bridgehead atoms. The largest absolute Gasteiger partial charge is 0.320 e. The van der Waals surface area contributed by atoms with Crippen LogP contribution < -0.4 is 5.73 Å². The third-order valence-electron chi connectivity index (χ3n) is 2.72. The van der Waals surface area contributed by atoms with E-state index in [0.717, 1.165) is 18.2 Å². The molecule has 1 atom stereocenters. The van der Waals surface area contributed by atoms with Gasteiger partial charge in [-0.25, -0.2) is 8.78 Å². The maximum Gasteiger partial charge on any atom is 0.271 e. The summed E-state index contributed by atoms with van der Waals surface area (Å²) in [6.45, 7) is 0. The number of hydrogen-bond acceptors (Lipinski definition) is 3. The third kappa shape index (κ3) is 3.09. The smallest absolute Gasteiger partial charge is 0.271 e. The molecule has 2 rings (SSSR count). The van der Waals surface area contributed by atoms with E-state index in [2.05, 4.69) is 0 Å². The molecular formula is C13H9ClF2N2O2. The summed E-state index contributed by atoms with van der Waals surface area (Å²) in [7, 11) is 0. The van der Waals surface area contributed by atoms with Crippen molar-refractivity contribution in [3.05, 3.63) is 74.3 Å². The van der Waals surface area contributed by atoms with E-state index in [1.165, 1.54) is 18.2 Å². The Kier molecular flexibility index (Phi) is 3.96. The van der Waals surface area contributed by atoms with Crippen molar-refractivity contribution in [2.24, 2.45) is 5.73 Å². The number of nitro benzene ring substituents is 1. The van der Waals surface area contributed by atoms with Gasteiger partial charge in [0.15, 0.2) is 0 Å². The maximum absolute atomic E-state index is 13.2. The van der Waals surface area contributed by atoms with Gasteiger partial charge in [0.1, 0.15) is 11.6 Å². The third-order valence-corrected chi connectivity index (χ3v) is 2.94. The Balaban J connectivity index is 2.47. The van der Waals surface area contributed by atoms with E-state index in [0.29, 0.717) is 5.56 Å². The first-order chi connectivity index (χ1) is 9.36. The predicted octanol–water partition coefficient (Wildman–Crippen LogP) is 3.57. The summed E-state index contributed by atoms with van der Waals surface area (Å²) in [5.41, 5.74) is 6.11. The molecule has 0 aliphatic rings. The van der Waals surface area contributed by atoms with Gasteiger partial charge in [-0.05, 0) is 29.3 Å². The summed E-state index contributed by atoms with van der Waals surface area (Å²) >= 11 is 5.78. The SMILES string of the molecule is NC(c1cc(F)cc(F)c1)c1cc(Cl)cc([N+](=O)[O-])c1. The lowest BCUT2D eigenvalue weighted by Crippen LogP contribution is -2.13. The molecule has 20 heavy (non-hydrogen) atoms. The Hall–Kier alpha value is -2.05. The lowest BCUT2D eigenvalue weighted by molar-refractivity contribution is -0.384. The van der Waals surface area contributed by atoms with Crippen LogP contribution in [0.15, 0.2) is 36.4 Å². The van der Waals surface area contributed by atoms with Crippen LogP contribution in [0, 0.1) is 21.7 Å². The van der Waals surface area contributed by atoms with Crippen LogP contribution in [0.2, 0.25) is 5.02 Å². The average Bonchev–Trinajstić information content (AvgIpc) is 2.35. The van der Waals surface area contributed by atoms with Crippen molar-refractivity contribution in [2.45, 2.75) is 6.04 Å². The highest BCUT2D eigenvalue weighted by Gasteiger charge is 2.16. The first-order valence-electron chi connectivity index (χ1n) is 5.53. The Bertz CT molecular complexity index is 659. The lowest BCUT2D eigenvalue weighted by atomic mass is 9.99. The summed E-state index contributed by atoms with van der Waals surface area (Å²) < 4.78 is 26.3. The predicted molar refractivity (Wildman–Crippen MR) is 70.5 cm³/mol. The second kappa shape index (κ2) is 5.52. The van der Waals surface area contributed by atoms with Crippen LogP contribution in [0.25, 0.3) is 0 Å². The van der Waals surface area contributed by atoms with Crippen LogP contribution in [0.1, 0.15) is 17.2 Å². The summed E-state index contributed by atoms with van der Waals surface area (Å²) in [6.07, 6.45) is 0. The molecule has 4 nitrogen and oxygen atoms in total. The minimum atomic E-state index is -0.919. The van der Waals surface area contributed by atoms with E-state index >= 15 is 0 Å². The average molecular weight is 299 g/mol. The summed E-state index contributed by atoms with van der Waals surface area (Å²) in [4.78, 5) is 10.1. The molecule has 104 valence electrons. The van der Waals surface area contributed by atoms with E-state index in [-0.39, 0.29) is 16.3 Å².